The third kappa shape index (κ3) is 5.77. The molecule has 8 nitrogen and oxygen atoms in total. The lowest BCUT2D eigenvalue weighted by Crippen LogP contribution is -2.57. The van der Waals surface area contributed by atoms with E-state index in [-0.39, 0.29) is 35.8 Å². The lowest BCUT2D eigenvalue weighted by molar-refractivity contribution is 0.222. The third-order valence-electron chi connectivity index (χ3n) is 5.58. The van der Waals surface area contributed by atoms with Crippen LogP contribution in [-0.2, 0) is 16.4 Å². The first-order valence-corrected chi connectivity index (χ1v) is 11.7. The number of nitrogens with one attached hydrogen (secondary N) is 2. The standard InChI is InChI=1S/C20H31N5O3S.HI/c1-20(2)15-25(11-12-29(20,27)28)18(21-3)22-14-16-7-6-8-17(13-16)23-19(26)24-9-4-5-10-24;/h6-8,13H,4-5,9-12,14-15H2,1-3H3,(H,21,22)(H,23,26);1H. The molecule has 0 bridgehead atoms. The van der Waals surface area contributed by atoms with E-state index in [1.807, 2.05) is 34.1 Å². The van der Waals surface area contributed by atoms with Crippen molar-refractivity contribution in [2.75, 3.05) is 44.3 Å². The molecule has 0 saturated carbocycles. The molecule has 30 heavy (non-hydrogen) atoms. The number of urea groups is 1. The molecule has 10 heteroatoms. The van der Waals surface area contributed by atoms with Crippen LogP contribution in [0.25, 0.3) is 0 Å². The number of sulfone groups is 1. The lowest BCUT2D eigenvalue weighted by Gasteiger charge is -2.39. The minimum absolute atomic E-state index is 0. The van der Waals surface area contributed by atoms with E-state index in [0.29, 0.717) is 25.6 Å². The number of benzene rings is 1. The smallest absolute Gasteiger partial charge is 0.321 e. The second-order valence-electron chi connectivity index (χ2n) is 8.23. The van der Waals surface area contributed by atoms with Gasteiger partial charge in [0, 0.05) is 45.5 Å². The number of hydrogen-bond donors (Lipinski definition) is 2. The Kier molecular flexibility index (Phi) is 8.37. The predicted octanol–water partition coefficient (Wildman–Crippen LogP) is 2.52. The highest BCUT2D eigenvalue weighted by atomic mass is 127. The van der Waals surface area contributed by atoms with Crippen LogP contribution in [-0.4, -0.2) is 73.9 Å². The van der Waals surface area contributed by atoms with Crippen LogP contribution in [0, 0.1) is 0 Å². The summed E-state index contributed by atoms with van der Waals surface area (Å²) >= 11 is 0. The molecule has 2 heterocycles. The van der Waals surface area contributed by atoms with Crippen LogP contribution in [0.15, 0.2) is 29.3 Å². The quantitative estimate of drug-likeness (QED) is 0.344. The van der Waals surface area contributed by atoms with Crippen molar-refractivity contribution < 1.29 is 13.2 Å². The van der Waals surface area contributed by atoms with Crippen LogP contribution in [0.3, 0.4) is 0 Å². The average molecular weight is 549 g/mol. The Labute approximate surface area is 196 Å². The summed E-state index contributed by atoms with van der Waals surface area (Å²) in [5, 5.41) is 6.28. The number of aliphatic imine (C=N–C) groups is 1. The van der Waals surface area contributed by atoms with Crippen LogP contribution in [0.5, 0.6) is 0 Å². The Bertz CT molecular complexity index is 882. The van der Waals surface area contributed by atoms with Gasteiger partial charge in [-0.25, -0.2) is 13.2 Å². The van der Waals surface area contributed by atoms with Crippen molar-refractivity contribution in [2.45, 2.75) is 38.0 Å². The number of likely N-dealkylation sites (tertiary alicyclic amines) is 1. The van der Waals surface area contributed by atoms with Crippen molar-refractivity contribution in [2.24, 2.45) is 4.99 Å². The number of amides is 2. The molecule has 2 amide bonds. The molecule has 0 radical (unpaired) electrons. The van der Waals surface area contributed by atoms with Gasteiger partial charge in [0.15, 0.2) is 15.8 Å². The van der Waals surface area contributed by atoms with Gasteiger partial charge >= 0.3 is 6.03 Å². The highest BCUT2D eigenvalue weighted by Gasteiger charge is 2.40. The average Bonchev–Trinajstić information content (AvgIpc) is 3.20. The molecule has 0 spiro atoms. The van der Waals surface area contributed by atoms with E-state index in [1.165, 1.54) is 0 Å². The van der Waals surface area contributed by atoms with Gasteiger partial charge in [0.1, 0.15) is 0 Å². The van der Waals surface area contributed by atoms with E-state index in [1.54, 1.807) is 20.9 Å². The van der Waals surface area contributed by atoms with Crippen molar-refractivity contribution in [1.29, 1.82) is 0 Å². The lowest BCUT2D eigenvalue weighted by atomic mass is 10.2. The molecule has 3 rings (SSSR count). The molecule has 1 aromatic rings. The van der Waals surface area contributed by atoms with E-state index >= 15 is 0 Å². The first kappa shape index (κ1) is 24.7. The van der Waals surface area contributed by atoms with E-state index in [9.17, 15) is 13.2 Å². The van der Waals surface area contributed by atoms with Gasteiger partial charge in [0.05, 0.1) is 10.5 Å². The van der Waals surface area contributed by atoms with Gasteiger partial charge in [-0.05, 0) is 44.4 Å². The first-order valence-electron chi connectivity index (χ1n) is 10.0. The van der Waals surface area contributed by atoms with E-state index in [2.05, 4.69) is 15.6 Å². The normalized spacial score (nSPS) is 20.4. The molecule has 2 aliphatic rings. The SMILES string of the molecule is CN=C(NCc1cccc(NC(=O)N2CCCC2)c1)N1CCS(=O)(=O)C(C)(C)C1.I. The second-order valence-corrected chi connectivity index (χ2v) is 11.0. The number of guanidine groups is 1. The van der Waals surface area contributed by atoms with Crippen molar-refractivity contribution in [3.8, 4) is 0 Å². The summed E-state index contributed by atoms with van der Waals surface area (Å²) in [7, 11) is -1.40. The van der Waals surface area contributed by atoms with Crippen LogP contribution >= 0.6 is 24.0 Å². The van der Waals surface area contributed by atoms with Crippen LogP contribution in [0.4, 0.5) is 10.5 Å². The molecular weight excluding hydrogens is 517 g/mol. The van der Waals surface area contributed by atoms with Gasteiger partial charge in [-0.3, -0.25) is 4.99 Å². The molecule has 2 fully saturated rings. The number of carbonyl (C=O) groups excluding carboxylic acids is 1. The summed E-state index contributed by atoms with van der Waals surface area (Å²) < 4.78 is 23.7. The van der Waals surface area contributed by atoms with E-state index in [4.69, 9.17) is 0 Å². The Balaban J connectivity index is 0.00000320. The Morgan fingerprint density at radius 1 is 1.17 bits per heavy atom. The summed E-state index contributed by atoms with van der Waals surface area (Å²) in [6.07, 6.45) is 2.12. The zero-order valence-electron chi connectivity index (χ0n) is 17.8. The molecular formula is C20H32IN5O3S. The highest BCUT2D eigenvalue weighted by molar-refractivity contribution is 14.0. The minimum atomic E-state index is -3.10. The molecule has 0 aromatic heterocycles. The predicted molar refractivity (Wildman–Crippen MR) is 131 cm³/mol. The van der Waals surface area contributed by atoms with Crippen molar-refractivity contribution in [1.82, 2.24) is 15.1 Å². The monoisotopic (exact) mass is 549 g/mol. The maximum atomic E-state index is 12.3. The molecule has 2 N–H and O–H groups in total. The number of rotatable bonds is 3. The summed E-state index contributed by atoms with van der Waals surface area (Å²) in [4.78, 5) is 20.4. The van der Waals surface area contributed by atoms with Gasteiger partial charge < -0.3 is 20.4 Å². The van der Waals surface area contributed by atoms with E-state index in [0.717, 1.165) is 37.2 Å². The van der Waals surface area contributed by atoms with Crippen molar-refractivity contribution in [3.05, 3.63) is 29.8 Å². The van der Waals surface area contributed by atoms with Gasteiger partial charge in [0.2, 0.25) is 0 Å². The Hall–Kier alpha value is -1.56. The van der Waals surface area contributed by atoms with E-state index < -0.39 is 14.6 Å². The Morgan fingerprint density at radius 3 is 2.50 bits per heavy atom. The second kappa shape index (κ2) is 10.2. The summed E-state index contributed by atoms with van der Waals surface area (Å²) in [5.74, 6) is 0.804. The van der Waals surface area contributed by atoms with Gasteiger partial charge in [-0.1, -0.05) is 12.1 Å². The third-order valence-corrected chi connectivity index (χ3v) is 8.11. The molecule has 0 atom stereocenters. The van der Waals surface area contributed by atoms with Gasteiger partial charge in [-0.15, -0.1) is 24.0 Å². The first-order chi connectivity index (χ1) is 13.7. The molecule has 2 saturated heterocycles. The van der Waals surface area contributed by atoms with Crippen molar-refractivity contribution >= 4 is 51.5 Å². The number of hydrogen-bond acceptors (Lipinski definition) is 4. The number of halogens is 1. The fraction of sp³-hybridized carbons (Fsp3) is 0.600. The highest BCUT2D eigenvalue weighted by Crippen LogP contribution is 2.23. The molecule has 168 valence electrons. The molecule has 1 aromatic carbocycles. The fourth-order valence-electron chi connectivity index (χ4n) is 3.72. The zero-order chi connectivity index (χ0) is 21.1. The molecule has 2 aliphatic heterocycles. The summed E-state index contributed by atoms with van der Waals surface area (Å²) in [5.41, 5.74) is 1.77. The van der Waals surface area contributed by atoms with Gasteiger partial charge in [-0.2, -0.15) is 0 Å². The maximum absolute atomic E-state index is 12.3. The largest absolute Gasteiger partial charge is 0.352 e. The van der Waals surface area contributed by atoms with Crippen molar-refractivity contribution in [3.63, 3.8) is 0 Å². The molecule has 0 aliphatic carbocycles. The van der Waals surface area contributed by atoms with Crippen LogP contribution in [0.2, 0.25) is 0 Å². The fourth-order valence-corrected chi connectivity index (χ4v) is 5.09. The number of nitrogens with zero attached hydrogens (tertiary/aromatic N) is 3. The number of anilines is 1. The van der Waals surface area contributed by atoms with Crippen LogP contribution in [0.1, 0.15) is 32.3 Å². The Morgan fingerprint density at radius 2 is 1.87 bits per heavy atom. The summed E-state index contributed by atoms with van der Waals surface area (Å²) in [6.45, 7) is 6.50. The molecule has 0 unspecified atom stereocenters. The summed E-state index contributed by atoms with van der Waals surface area (Å²) in [6, 6.07) is 7.66. The zero-order valence-corrected chi connectivity index (χ0v) is 21.0. The van der Waals surface area contributed by atoms with Gasteiger partial charge in [0.25, 0.3) is 0 Å². The maximum Gasteiger partial charge on any atom is 0.321 e. The number of carbonyl (C=O) groups is 1. The minimum Gasteiger partial charge on any atom is -0.352 e. The van der Waals surface area contributed by atoms with Crippen LogP contribution < -0.4 is 10.6 Å². The topological polar surface area (TPSA) is 94.1 Å².